The molecule has 2 heteroatoms. The SMILES string of the molecule is CCCCC(CC)COCCCN1C(C)=CCC(CC(CC)CCCC)=C1C. The first-order valence-electron chi connectivity index (χ1n) is 12.3. The van der Waals surface area contributed by atoms with Crippen LogP contribution in [0.25, 0.3) is 0 Å². The van der Waals surface area contributed by atoms with Gasteiger partial charge in [-0.2, -0.15) is 0 Å². The standard InChI is InChI=1S/C26H49NO/c1-7-11-14-24(9-3)20-26-17-16-22(5)27(23(26)6)18-13-19-28-21-25(10-4)15-12-8-2/h16,24-25H,7-15,17-21H2,1-6H3. The van der Waals surface area contributed by atoms with Gasteiger partial charge in [0, 0.05) is 31.2 Å². The van der Waals surface area contributed by atoms with Crippen LogP contribution in [0.2, 0.25) is 0 Å². The Morgan fingerprint density at radius 1 is 0.929 bits per heavy atom. The highest BCUT2D eigenvalue weighted by Crippen LogP contribution is 2.31. The molecule has 2 nitrogen and oxygen atoms in total. The molecule has 0 radical (unpaired) electrons. The molecule has 0 fully saturated rings. The molecule has 1 rings (SSSR count). The van der Waals surface area contributed by atoms with E-state index in [2.05, 4.69) is 52.5 Å². The first-order valence-corrected chi connectivity index (χ1v) is 12.3. The van der Waals surface area contributed by atoms with Crippen LogP contribution in [0.3, 0.4) is 0 Å². The van der Waals surface area contributed by atoms with E-state index in [1.54, 1.807) is 5.57 Å². The Morgan fingerprint density at radius 2 is 1.57 bits per heavy atom. The molecule has 0 aromatic rings. The van der Waals surface area contributed by atoms with Crippen molar-refractivity contribution in [3.05, 3.63) is 23.0 Å². The second kappa shape index (κ2) is 15.1. The highest BCUT2D eigenvalue weighted by atomic mass is 16.5. The summed E-state index contributed by atoms with van der Waals surface area (Å²) in [5, 5.41) is 0. The fourth-order valence-electron chi connectivity index (χ4n) is 4.32. The van der Waals surface area contributed by atoms with Gasteiger partial charge >= 0.3 is 0 Å². The summed E-state index contributed by atoms with van der Waals surface area (Å²) in [5.74, 6) is 1.61. The van der Waals surface area contributed by atoms with Crippen LogP contribution in [-0.2, 0) is 4.74 Å². The normalized spacial score (nSPS) is 17.1. The summed E-state index contributed by atoms with van der Waals surface area (Å²) in [4.78, 5) is 2.54. The molecular weight excluding hydrogens is 342 g/mol. The van der Waals surface area contributed by atoms with Crippen LogP contribution in [0.4, 0.5) is 0 Å². The minimum absolute atomic E-state index is 0.749. The summed E-state index contributed by atoms with van der Waals surface area (Å²) < 4.78 is 6.04. The van der Waals surface area contributed by atoms with Crippen molar-refractivity contribution in [2.75, 3.05) is 19.8 Å². The van der Waals surface area contributed by atoms with Crippen LogP contribution in [-0.4, -0.2) is 24.7 Å². The van der Waals surface area contributed by atoms with Gasteiger partial charge < -0.3 is 9.64 Å². The van der Waals surface area contributed by atoms with Gasteiger partial charge in [-0.15, -0.1) is 0 Å². The van der Waals surface area contributed by atoms with Gasteiger partial charge in [0.15, 0.2) is 0 Å². The number of hydrogen-bond donors (Lipinski definition) is 0. The largest absolute Gasteiger partial charge is 0.381 e. The van der Waals surface area contributed by atoms with Gasteiger partial charge in [0.05, 0.1) is 0 Å². The number of allylic oxidation sites excluding steroid dienone is 4. The maximum absolute atomic E-state index is 6.04. The van der Waals surface area contributed by atoms with Crippen LogP contribution in [0.1, 0.15) is 112 Å². The third kappa shape index (κ3) is 9.16. The Morgan fingerprint density at radius 3 is 2.18 bits per heavy atom. The highest BCUT2D eigenvalue weighted by molar-refractivity contribution is 5.25. The van der Waals surface area contributed by atoms with Crippen LogP contribution in [0, 0.1) is 11.8 Å². The summed E-state index contributed by atoms with van der Waals surface area (Å²) in [5.41, 5.74) is 4.61. The summed E-state index contributed by atoms with van der Waals surface area (Å²) >= 11 is 0. The molecule has 0 aromatic carbocycles. The van der Waals surface area contributed by atoms with Crippen LogP contribution >= 0.6 is 0 Å². The molecule has 1 aliphatic rings. The van der Waals surface area contributed by atoms with Crippen molar-refractivity contribution in [1.82, 2.24) is 4.90 Å². The predicted molar refractivity (Wildman–Crippen MR) is 124 cm³/mol. The fraction of sp³-hybridized carbons (Fsp3) is 0.846. The molecular formula is C26H49NO. The molecule has 1 aliphatic heterocycles. The molecule has 0 spiro atoms. The monoisotopic (exact) mass is 391 g/mol. The Hall–Kier alpha value is -0.760. The van der Waals surface area contributed by atoms with Gasteiger partial charge in [0.1, 0.15) is 0 Å². The summed E-state index contributed by atoms with van der Waals surface area (Å²) in [6, 6.07) is 0. The second-order valence-corrected chi connectivity index (χ2v) is 8.86. The predicted octanol–water partition coefficient (Wildman–Crippen LogP) is 8.10. The minimum atomic E-state index is 0.749. The lowest BCUT2D eigenvalue weighted by atomic mass is 9.88. The third-order valence-electron chi connectivity index (χ3n) is 6.63. The molecule has 0 N–H and O–H groups in total. The van der Waals surface area contributed by atoms with Crippen molar-refractivity contribution in [2.45, 2.75) is 112 Å². The maximum atomic E-state index is 6.04. The van der Waals surface area contributed by atoms with Gasteiger partial charge in [0.25, 0.3) is 0 Å². The smallest absolute Gasteiger partial charge is 0.0494 e. The lowest BCUT2D eigenvalue weighted by Crippen LogP contribution is -2.26. The van der Waals surface area contributed by atoms with Crippen molar-refractivity contribution in [2.24, 2.45) is 11.8 Å². The van der Waals surface area contributed by atoms with Crippen molar-refractivity contribution >= 4 is 0 Å². The zero-order valence-electron chi connectivity index (χ0n) is 20.0. The molecule has 0 aliphatic carbocycles. The van der Waals surface area contributed by atoms with Crippen molar-refractivity contribution in [3.8, 4) is 0 Å². The van der Waals surface area contributed by atoms with Gasteiger partial charge in [0.2, 0.25) is 0 Å². The van der Waals surface area contributed by atoms with Gasteiger partial charge in [-0.1, -0.05) is 78.7 Å². The molecule has 0 amide bonds. The van der Waals surface area contributed by atoms with E-state index in [1.165, 1.54) is 69.2 Å². The molecule has 0 aromatic heterocycles. The van der Waals surface area contributed by atoms with Crippen molar-refractivity contribution in [1.29, 1.82) is 0 Å². The molecule has 164 valence electrons. The zero-order chi connectivity index (χ0) is 20.8. The second-order valence-electron chi connectivity index (χ2n) is 8.86. The number of ether oxygens (including phenoxy) is 1. The quantitative estimate of drug-likeness (QED) is 0.246. The minimum Gasteiger partial charge on any atom is -0.381 e. The zero-order valence-corrected chi connectivity index (χ0v) is 20.0. The Balaban J connectivity index is 2.46. The van der Waals surface area contributed by atoms with E-state index < -0.39 is 0 Å². The molecule has 2 unspecified atom stereocenters. The topological polar surface area (TPSA) is 12.5 Å². The third-order valence-corrected chi connectivity index (χ3v) is 6.63. The number of unbranched alkanes of at least 4 members (excludes halogenated alkanes) is 2. The molecule has 0 saturated carbocycles. The Labute approximate surface area is 176 Å². The average Bonchev–Trinajstić information content (AvgIpc) is 2.70. The lowest BCUT2D eigenvalue weighted by Gasteiger charge is -2.33. The molecule has 28 heavy (non-hydrogen) atoms. The van der Waals surface area contributed by atoms with E-state index in [1.807, 2.05) is 0 Å². The van der Waals surface area contributed by atoms with E-state index in [0.29, 0.717) is 0 Å². The number of hydrogen-bond acceptors (Lipinski definition) is 2. The highest BCUT2D eigenvalue weighted by Gasteiger charge is 2.19. The van der Waals surface area contributed by atoms with Crippen LogP contribution in [0.15, 0.2) is 23.0 Å². The number of rotatable bonds is 16. The van der Waals surface area contributed by atoms with E-state index in [0.717, 1.165) is 44.4 Å². The van der Waals surface area contributed by atoms with E-state index in [4.69, 9.17) is 4.74 Å². The maximum Gasteiger partial charge on any atom is 0.0494 e. The van der Waals surface area contributed by atoms with Gasteiger partial charge in [-0.3, -0.25) is 0 Å². The van der Waals surface area contributed by atoms with Crippen LogP contribution in [0.5, 0.6) is 0 Å². The molecule has 1 heterocycles. The molecule has 0 saturated heterocycles. The van der Waals surface area contributed by atoms with Crippen molar-refractivity contribution in [3.63, 3.8) is 0 Å². The molecule has 0 bridgehead atoms. The first kappa shape index (κ1) is 25.3. The number of nitrogens with zero attached hydrogens (tertiary/aromatic N) is 1. The fourth-order valence-corrected chi connectivity index (χ4v) is 4.32. The Kier molecular flexibility index (Phi) is 13.7. The molecule has 2 atom stereocenters. The van der Waals surface area contributed by atoms with Gasteiger partial charge in [-0.25, -0.2) is 0 Å². The van der Waals surface area contributed by atoms with Crippen LogP contribution < -0.4 is 0 Å². The summed E-state index contributed by atoms with van der Waals surface area (Å²) in [7, 11) is 0. The summed E-state index contributed by atoms with van der Waals surface area (Å²) in [6.07, 6.45) is 16.6. The van der Waals surface area contributed by atoms with Gasteiger partial charge in [-0.05, 0) is 56.9 Å². The first-order chi connectivity index (χ1) is 13.6. The summed E-state index contributed by atoms with van der Waals surface area (Å²) in [6.45, 7) is 16.8. The Bertz CT molecular complexity index is 465. The van der Waals surface area contributed by atoms with E-state index >= 15 is 0 Å². The van der Waals surface area contributed by atoms with E-state index in [-0.39, 0.29) is 0 Å². The van der Waals surface area contributed by atoms with E-state index in [9.17, 15) is 0 Å². The van der Waals surface area contributed by atoms with Crippen molar-refractivity contribution < 1.29 is 4.74 Å². The average molecular weight is 392 g/mol. The lowest BCUT2D eigenvalue weighted by molar-refractivity contribution is 0.0888.